The van der Waals surface area contributed by atoms with Crippen LogP contribution in [0, 0.1) is 16.7 Å². The molecule has 100 valence electrons. The third-order valence-corrected chi connectivity index (χ3v) is 3.67. The Hall–Kier alpha value is -0.610. The second kappa shape index (κ2) is 6.36. The van der Waals surface area contributed by atoms with E-state index >= 15 is 0 Å². The topological polar surface area (TPSA) is 62.3 Å². The molecule has 0 aliphatic carbocycles. The van der Waals surface area contributed by atoms with E-state index in [1.807, 2.05) is 13.8 Å². The first kappa shape index (κ1) is 14.5. The predicted octanol–water partition coefficient (Wildman–Crippen LogP) is 1.70. The summed E-state index contributed by atoms with van der Waals surface area (Å²) in [5, 5.41) is 7.53. The predicted molar refractivity (Wildman–Crippen MR) is 71.4 cm³/mol. The fraction of sp³-hybridized carbons (Fsp3) is 0.923. The van der Waals surface area contributed by atoms with Crippen LogP contribution in [0.25, 0.3) is 0 Å². The smallest absolute Gasteiger partial charge is 0.0963 e. The molecule has 0 amide bonds. The molecule has 1 unspecified atom stereocenters. The van der Waals surface area contributed by atoms with Crippen LogP contribution in [-0.2, 0) is 4.74 Å². The highest BCUT2D eigenvalue weighted by Gasteiger charge is 2.23. The van der Waals surface area contributed by atoms with Crippen molar-refractivity contribution in [3.8, 4) is 0 Å². The van der Waals surface area contributed by atoms with E-state index in [9.17, 15) is 0 Å². The second-order valence-electron chi connectivity index (χ2n) is 5.89. The first-order valence-corrected chi connectivity index (χ1v) is 6.52. The summed E-state index contributed by atoms with van der Waals surface area (Å²) < 4.78 is 5.49. The summed E-state index contributed by atoms with van der Waals surface area (Å²) in [5.74, 6) is 0.959. The lowest BCUT2D eigenvalue weighted by Gasteiger charge is -2.30. The summed E-state index contributed by atoms with van der Waals surface area (Å²) in [4.78, 5) is 2.34. The van der Waals surface area contributed by atoms with E-state index in [1.54, 1.807) is 0 Å². The molecule has 1 aliphatic rings. The number of ether oxygens (including phenoxy) is 1. The molecule has 4 heteroatoms. The highest BCUT2D eigenvalue weighted by Crippen LogP contribution is 2.21. The highest BCUT2D eigenvalue weighted by atomic mass is 16.5. The van der Waals surface area contributed by atoms with Crippen molar-refractivity contribution in [1.29, 1.82) is 5.41 Å². The maximum atomic E-state index is 7.53. The van der Waals surface area contributed by atoms with Crippen LogP contribution in [0.5, 0.6) is 0 Å². The Bertz CT molecular complexity index is 247. The van der Waals surface area contributed by atoms with Gasteiger partial charge in [0.05, 0.1) is 12.4 Å². The summed E-state index contributed by atoms with van der Waals surface area (Å²) >= 11 is 0. The second-order valence-corrected chi connectivity index (χ2v) is 5.89. The summed E-state index contributed by atoms with van der Waals surface area (Å²) in [6.07, 6.45) is 3.41. The molecule has 1 aliphatic heterocycles. The minimum atomic E-state index is -0.183. The first-order valence-electron chi connectivity index (χ1n) is 6.52. The number of rotatable bonds is 6. The van der Waals surface area contributed by atoms with Gasteiger partial charge in [0.25, 0.3) is 0 Å². The van der Waals surface area contributed by atoms with Crippen LogP contribution in [0.3, 0.4) is 0 Å². The van der Waals surface area contributed by atoms with Gasteiger partial charge in [0.1, 0.15) is 0 Å². The van der Waals surface area contributed by atoms with Crippen LogP contribution in [0.1, 0.15) is 33.1 Å². The molecule has 0 bridgehead atoms. The van der Waals surface area contributed by atoms with Crippen molar-refractivity contribution < 1.29 is 4.74 Å². The normalized spacial score (nSPS) is 21.8. The maximum absolute atomic E-state index is 7.53. The van der Waals surface area contributed by atoms with Gasteiger partial charge >= 0.3 is 0 Å². The molecule has 0 spiro atoms. The van der Waals surface area contributed by atoms with Crippen LogP contribution in [0.2, 0.25) is 0 Å². The van der Waals surface area contributed by atoms with Crippen molar-refractivity contribution in [1.82, 2.24) is 4.90 Å². The third kappa shape index (κ3) is 5.04. The van der Waals surface area contributed by atoms with Gasteiger partial charge in [-0.2, -0.15) is 0 Å². The largest absolute Gasteiger partial charge is 0.387 e. The van der Waals surface area contributed by atoms with Crippen LogP contribution in [0.4, 0.5) is 0 Å². The van der Waals surface area contributed by atoms with Crippen molar-refractivity contribution in [2.24, 2.45) is 17.1 Å². The minimum absolute atomic E-state index is 0.183. The molecule has 0 aromatic rings. The maximum Gasteiger partial charge on any atom is 0.0963 e. The van der Waals surface area contributed by atoms with Gasteiger partial charge in [0.2, 0.25) is 0 Å². The van der Waals surface area contributed by atoms with Gasteiger partial charge in [-0.05, 0) is 38.8 Å². The Morgan fingerprint density at radius 1 is 1.53 bits per heavy atom. The van der Waals surface area contributed by atoms with Gasteiger partial charge < -0.3 is 15.4 Å². The number of amidine groups is 1. The highest BCUT2D eigenvalue weighted by molar-refractivity contribution is 5.82. The summed E-state index contributed by atoms with van der Waals surface area (Å²) in [6, 6.07) is 0. The van der Waals surface area contributed by atoms with Gasteiger partial charge in [-0.15, -0.1) is 0 Å². The van der Waals surface area contributed by atoms with Gasteiger partial charge in [-0.25, -0.2) is 0 Å². The quantitative estimate of drug-likeness (QED) is 0.549. The zero-order valence-electron chi connectivity index (χ0n) is 11.5. The van der Waals surface area contributed by atoms with Crippen LogP contribution < -0.4 is 5.73 Å². The molecule has 1 saturated heterocycles. The summed E-state index contributed by atoms with van der Waals surface area (Å²) in [6.45, 7) is 7.98. The molecule has 1 fully saturated rings. The van der Waals surface area contributed by atoms with E-state index in [2.05, 4.69) is 11.9 Å². The number of nitrogens with one attached hydrogen (secondary N) is 1. The fourth-order valence-corrected chi connectivity index (χ4v) is 2.09. The number of nitrogens with zero attached hydrogens (tertiary/aromatic N) is 1. The van der Waals surface area contributed by atoms with E-state index in [-0.39, 0.29) is 11.3 Å². The molecule has 1 atom stereocenters. The Kier molecular flexibility index (Phi) is 5.40. The van der Waals surface area contributed by atoms with Crippen molar-refractivity contribution in [3.05, 3.63) is 0 Å². The lowest BCUT2D eigenvalue weighted by Crippen LogP contribution is -2.37. The SMILES string of the molecule is CN(CCC(C)(C)C(=N)N)CC1CCCOC1. The fourth-order valence-electron chi connectivity index (χ4n) is 2.09. The molecule has 0 aromatic heterocycles. The third-order valence-electron chi connectivity index (χ3n) is 3.67. The lowest BCUT2D eigenvalue weighted by molar-refractivity contribution is 0.0413. The van der Waals surface area contributed by atoms with Gasteiger partial charge in [0, 0.05) is 18.6 Å². The molecular formula is C13H27N3O. The van der Waals surface area contributed by atoms with Gasteiger partial charge in [0.15, 0.2) is 0 Å². The Morgan fingerprint density at radius 3 is 2.76 bits per heavy atom. The van der Waals surface area contributed by atoms with Crippen LogP contribution in [0.15, 0.2) is 0 Å². The van der Waals surface area contributed by atoms with Gasteiger partial charge in [-0.1, -0.05) is 13.8 Å². The Balaban J connectivity index is 2.24. The molecular weight excluding hydrogens is 214 g/mol. The van der Waals surface area contributed by atoms with Crippen LogP contribution >= 0.6 is 0 Å². The molecule has 3 N–H and O–H groups in total. The van der Waals surface area contributed by atoms with Crippen LogP contribution in [-0.4, -0.2) is 44.1 Å². The molecule has 0 saturated carbocycles. The van der Waals surface area contributed by atoms with E-state index in [4.69, 9.17) is 15.9 Å². The number of hydrogen-bond donors (Lipinski definition) is 2. The minimum Gasteiger partial charge on any atom is -0.387 e. The van der Waals surface area contributed by atoms with Crippen molar-refractivity contribution in [2.45, 2.75) is 33.1 Å². The first-order chi connectivity index (χ1) is 7.92. The molecule has 1 heterocycles. The van der Waals surface area contributed by atoms with E-state index in [0.29, 0.717) is 5.92 Å². The monoisotopic (exact) mass is 241 g/mol. The van der Waals surface area contributed by atoms with E-state index in [0.717, 1.165) is 32.7 Å². The Morgan fingerprint density at radius 2 is 2.24 bits per heavy atom. The summed E-state index contributed by atoms with van der Waals surface area (Å²) in [5.41, 5.74) is 5.40. The molecule has 1 rings (SSSR count). The van der Waals surface area contributed by atoms with E-state index in [1.165, 1.54) is 12.8 Å². The standard InChI is InChI=1S/C13H27N3O/c1-13(2,12(14)15)6-7-16(3)9-11-5-4-8-17-10-11/h11H,4-10H2,1-3H3,(H3,14,15). The zero-order valence-corrected chi connectivity index (χ0v) is 11.5. The Labute approximate surface area is 105 Å². The molecule has 0 radical (unpaired) electrons. The van der Waals surface area contributed by atoms with Crippen molar-refractivity contribution >= 4 is 5.84 Å². The average molecular weight is 241 g/mol. The van der Waals surface area contributed by atoms with Crippen molar-refractivity contribution in [2.75, 3.05) is 33.4 Å². The number of nitrogens with two attached hydrogens (primary N) is 1. The molecule has 4 nitrogen and oxygen atoms in total. The molecule has 0 aromatic carbocycles. The average Bonchev–Trinajstić information content (AvgIpc) is 2.28. The molecule has 17 heavy (non-hydrogen) atoms. The summed E-state index contributed by atoms with van der Waals surface area (Å²) in [7, 11) is 2.14. The lowest BCUT2D eigenvalue weighted by atomic mass is 9.88. The number of hydrogen-bond acceptors (Lipinski definition) is 3. The van der Waals surface area contributed by atoms with Gasteiger partial charge in [-0.3, -0.25) is 5.41 Å². The zero-order chi connectivity index (χ0) is 12.9. The van der Waals surface area contributed by atoms with Crippen molar-refractivity contribution in [3.63, 3.8) is 0 Å². The van der Waals surface area contributed by atoms with E-state index < -0.39 is 0 Å².